The summed E-state index contributed by atoms with van der Waals surface area (Å²) < 4.78 is 1.03. The molecule has 1 atom stereocenters. The third-order valence-electron chi connectivity index (χ3n) is 4.07. The van der Waals surface area contributed by atoms with Crippen molar-refractivity contribution >= 4 is 21.8 Å². The van der Waals surface area contributed by atoms with Gasteiger partial charge in [0.25, 0.3) is 5.91 Å². The summed E-state index contributed by atoms with van der Waals surface area (Å²) in [5.74, 6) is 0.160. The number of carbonyl (C=O) groups is 1. The summed E-state index contributed by atoms with van der Waals surface area (Å²) >= 11 is 3.50. The lowest BCUT2D eigenvalue weighted by molar-refractivity contribution is 0.0944. The highest BCUT2D eigenvalue weighted by Gasteiger charge is 2.15. The molecular weight excluding hydrogens is 366 g/mol. The van der Waals surface area contributed by atoms with Crippen molar-refractivity contribution in [3.05, 3.63) is 76.3 Å². The third kappa shape index (κ3) is 3.77. The Morgan fingerprint density at radius 1 is 1.08 bits per heavy atom. The number of hydrogen-bond acceptors (Lipinski definition) is 2. The second-order valence-corrected chi connectivity index (χ2v) is 6.70. The Morgan fingerprint density at radius 2 is 1.67 bits per heavy atom. The fraction of sp³-hybridized carbons (Fsp3) is 0.150. The van der Waals surface area contributed by atoms with Crippen LogP contribution in [0.5, 0.6) is 5.75 Å². The number of phenols is 1. The summed E-state index contributed by atoms with van der Waals surface area (Å²) in [7, 11) is 0. The largest absolute Gasteiger partial charge is 0.508 e. The highest BCUT2D eigenvalue weighted by Crippen LogP contribution is 2.24. The molecule has 0 spiro atoms. The molecule has 0 radical (unpaired) electrons. The molecule has 0 bridgehead atoms. The molecule has 0 aliphatic heterocycles. The molecule has 1 unspecified atom stereocenters. The average molecular weight is 384 g/mol. The number of carbonyl (C=O) groups excluding carboxylic acids is 1. The van der Waals surface area contributed by atoms with Crippen LogP contribution in [-0.4, -0.2) is 17.1 Å². The summed E-state index contributed by atoms with van der Waals surface area (Å²) in [6, 6.07) is 14.5. The number of allylic oxidation sites excluding steroid dienone is 2. The molecule has 122 valence electrons. The Hall–Kier alpha value is -2.33. The number of amides is 1. The van der Waals surface area contributed by atoms with Crippen LogP contribution in [0.25, 0.3) is 11.1 Å². The van der Waals surface area contributed by atoms with Crippen LogP contribution in [-0.2, 0) is 0 Å². The number of benzene rings is 2. The van der Waals surface area contributed by atoms with E-state index in [0.717, 1.165) is 22.0 Å². The van der Waals surface area contributed by atoms with Crippen LogP contribution in [0, 0.1) is 0 Å². The SMILES string of the molecule is CC1=CCC(NC(=O)c2ccc(-c3ccc(O)cc3)cc2)C=C1Br. The van der Waals surface area contributed by atoms with Crippen LogP contribution < -0.4 is 5.32 Å². The van der Waals surface area contributed by atoms with Gasteiger partial charge < -0.3 is 10.4 Å². The van der Waals surface area contributed by atoms with Gasteiger partial charge in [-0.05, 0) is 60.4 Å². The maximum absolute atomic E-state index is 12.4. The number of hydrogen-bond donors (Lipinski definition) is 2. The van der Waals surface area contributed by atoms with E-state index < -0.39 is 0 Å². The van der Waals surface area contributed by atoms with Crippen LogP contribution in [0.15, 0.2) is 70.7 Å². The summed E-state index contributed by atoms with van der Waals surface area (Å²) in [4.78, 5) is 12.4. The van der Waals surface area contributed by atoms with Gasteiger partial charge >= 0.3 is 0 Å². The van der Waals surface area contributed by atoms with Crippen LogP contribution >= 0.6 is 15.9 Å². The molecular formula is C20H18BrNO2. The normalized spacial score (nSPS) is 17.0. The van der Waals surface area contributed by atoms with Gasteiger partial charge in [0.15, 0.2) is 0 Å². The maximum atomic E-state index is 12.4. The van der Waals surface area contributed by atoms with Gasteiger partial charge in [-0.2, -0.15) is 0 Å². The van der Waals surface area contributed by atoms with Crippen molar-refractivity contribution in [1.82, 2.24) is 5.32 Å². The zero-order chi connectivity index (χ0) is 17.1. The van der Waals surface area contributed by atoms with Gasteiger partial charge in [0.1, 0.15) is 5.75 Å². The minimum absolute atomic E-state index is 0.00681. The predicted octanol–water partition coefficient (Wildman–Crippen LogP) is 4.79. The van der Waals surface area contributed by atoms with Crippen molar-refractivity contribution < 1.29 is 9.90 Å². The van der Waals surface area contributed by atoms with Crippen molar-refractivity contribution in [2.45, 2.75) is 19.4 Å². The minimum Gasteiger partial charge on any atom is -0.508 e. The average Bonchev–Trinajstić information content (AvgIpc) is 2.59. The molecule has 1 aliphatic rings. The molecule has 1 aliphatic carbocycles. The first-order valence-corrected chi connectivity index (χ1v) is 8.57. The first-order valence-electron chi connectivity index (χ1n) is 7.78. The Balaban J connectivity index is 1.69. The van der Waals surface area contributed by atoms with E-state index in [9.17, 15) is 9.90 Å². The molecule has 3 rings (SSSR count). The van der Waals surface area contributed by atoms with Gasteiger partial charge in [0.05, 0.1) is 6.04 Å². The molecule has 1 amide bonds. The lowest BCUT2D eigenvalue weighted by atomic mass is 10.0. The topological polar surface area (TPSA) is 49.3 Å². The van der Waals surface area contributed by atoms with E-state index in [1.54, 1.807) is 12.1 Å². The summed E-state index contributed by atoms with van der Waals surface area (Å²) in [6.45, 7) is 2.04. The highest BCUT2D eigenvalue weighted by molar-refractivity contribution is 9.12. The fourth-order valence-electron chi connectivity index (χ4n) is 2.60. The zero-order valence-electron chi connectivity index (χ0n) is 13.3. The molecule has 2 aromatic rings. The van der Waals surface area contributed by atoms with E-state index in [1.807, 2.05) is 49.4 Å². The first-order chi connectivity index (χ1) is 11.5. The van der Waals surface area contributed by atoms with Gasteiger partial charge in [-0.15, -0.1) is 0 Å². The van der Waals surface area contributed by atoms with Crippen LogP contribution in [0.1, 0.15) is 23.7 Å². The number of phenolic OH excluding ortho intramolecular Hbond substituents is 1. The Morgan fingerprint density at radius 3 is 2.25 bits per heavy atom. The number of aromatic hydroxyl groups is 1. The molecule has 0 saturated heterocycles. The summed E-state index contributed by atoms with van der Waals surface area (Å²) in [5, 5.41) is 12.4. The predicted molar refractivity (Wildman–Crippen MR) is 100 cm³/mol. The van der Waals surface area contributed by atoms with Gasteiger partial charge in [-0.25, -0.2) is 0 Å². The zero-order valence-corrected chi connectivity index (χ0v) is 14.9. The highest BCUT2D eigenvalue weighted by atomic mass is 79.9. The standard InChI is InChI=1S/C20H18BrNO2/c1-13-2-9-17(12-19(13)21)22-20(24)16-5-3-14(4-6-16)15-7-10-18(23)11-8-15/h2-8,10-12,17,23H,9H2,1H3,(H,22,24). The molecule has 24 heavy (non-hydrogen) atoms. The molecule has 2 N–H and O–H groups in total. The lowest BCUT2D eigenvalue weighted by Gasteiger charge is -2.19. The number of halogens is 1. The van der Waals surface area contributed by atoms with Crippen molar-refractivity contribution in [2.75, 3.05) is 0 Å². The minimum atomic E-state index is -0.0817. The van der Waals surface area contributed by atoms with E-state index in [4.69, 9.17) is 0 Å². The molecule has 2 aromatic carbocycles. The van der Waals surface area contributed by atoms with Crippen molar-refractivity contribution in [3.8, 4) is 16.9 Å². The Bertz CT molecular complexity index is 805. The van der Waals surface area contributed by atoms with Crippen molar-refractivity contribution in [3.63, 3.8) is 0 Å². The summed E-state index contributed by atoms with van der Waals surface area (Å²) in [6.07, 6.45) is 4.94. The van der Waals surface area contributed by atoms with Crippen molar-refractivity contribution in [1.29, 1.82) is 0 Å². The van der Waals surface area contributed by atoms with E-state index in [0.29, 0.717) is 5.56 Å². The molecule has 0 heterocycles. The van der Waals surface area contributed by atoms with Crippen molar-refractivity contribution in [2.24, 2.45) is 0 Å². The van der Waals surface area contributed by atoms with Crippen LogP contribution in [0.2, 0.25) is 0 Å². The van der Waals surface area contributed by atoms with Crippen LogP contribution in [0.3, 0.4) is 0 Å². The monoisotopic (exact) mass is 383 g/mol. The fourth-order valence-corrected chi connectivity index (χ4v) is 3.08. The van der Waals surface area contributed by atoms with Gasteiger partial charge in [-0.3, -0.25) is 4.79 Å². The van der Waals surface area contributed by atoms with Gasteiger partial charge in [0.2, 0.25) is 0 Å². The van der Waals surface area contributed by atoms with E-state index in [2.05, 4.69) is 27.3 Å². The molecule has 4 heteroatoms. The number of rotatable bonds is 3. The van der Waals surface area contributed by atoms with Crippen LogP contribution in [0.4, 0.5) is 0 Å². The van der Waals surface area contributed by atoms with Gasteiger partial charge in [-0.1, -0.05) is 46.3 Å². The quantitative estimate of drug-likeness (QED) is 0.800. The molecule has 0 fully saturated rings. The van der Waals surface area contributed by atoms with E-state index in [1.165, 1.54) is 5.57 Å². The summed E-state index contributed by atoms with van der Waals surface area (Å²) in [5.41, 5.74) is 3.83. The van der Waals surface area contributed by atoms with E-state index >= 15 is 0 Å². The number of nitrogens with one attached hydrogen (secondary N) is 1. The Kier molecular flexibility index (Phi) is 4.86. The molecule has 3 nitrogen and oxygen atoms in total. The second-order valence-electron chi connectivity index (χ2n) is 5.84. The molecule has 0 aromatic heterocycles. The maximum Gasteiger partial charge on any atom is 0.251 e. The van der Waals surface area contributed by atoms with Gasteiger partial charge in [0, 0.05) is 10.0 Å². The second kappa shape index (κ2) is 7.05. The van der Waals surface area contributed by atoms with E-state index in [-0.39, 0.29) is 17.7 Å². The lowest BCUT2D eigenvalue weighted by Crippen LogP contribution is -2.34. The third-order valence-corrected chi connectivity index (χ3v) is 4.96. The first kappa shape index (κ1) is 16.5. The smallest absolute Gasteiger partial charge is 0.251 e. The Labute approximate surface area is 149 Å². The molecule has 0 saturated carbocycles.